The number of aliphatic carboxylic acids is 1. The van der Waals surface area contributed by atoms with Crippen LogP contribution in [0.15, 0.2) is 22.2 Å². The second-order valence-corrected chi connectivity index (χ2v) is 4.78. The topological polar surface area (TPSA) is 37.3 Å². The highest BCUT2D eigenvalue weighted by Gasteiger charge is 2.38. The van der Waals surface area contributed by atoms with Crippen molar-refractivity contribution in [2.45, 2.75) is 32.6 Å². The van der Waals surface area contributed by atoms with E-state index in [0.29, 0.717) is 22.9 Å². The fourth-order valence-electron chi connectivity index (χ4n) is 1.76. The van der Waals surface area contributed by atoms with Crippen LogP contribution in [0, 0.1) is 5.41 Å². The van der Waals surface area contributed by atoms with Crippen molar-refractivity contribution in [3.63, 3.8) is 0 Å². The van der Waals surface area contributed by atoms with E-state index in [-0.39, 0.29) is 0 Å². The van der Waals surface area contributed by atoms with Crippen LogP contribution in [0.25, 0.3) is 0 Å². The van der Waals surface area contributed by atoms with E-state index in [1.807, 2.05) is 6.92 Å². The Hall–Kier alpha value is -0.470. The number of carboxylic acid groups (broad SMARTS) is 1. The molecule has 0 fully saturated rings. The van der Waals surface area contributed by atoms with Gasteiger partial charge in [-0.3, -0.25) is 4.79 Å². The van der Waals surface area contributed by atoms with Crippen LogP contribution < -0.4 is 0 Å². The maximum Gasteiger partial charge on any atom is 0.313 e. The molecule has 0 amide bonds. The first kappa shape index (κ1) is 12.6. The van der Waals surface area contributed by atoms with Gasteiger partial charge in [-0.1, -0.05) is 43.0 Å². The summed E-state index contributed by atoms with van der Waals surface area (Å²) in [6.07, 6.45) is 5.97. The number of carboxylic acids is 1. The van der Waals surface area contributed by atoms with Gasteiger partial charge >= 0.3 is 5.97 Å². The second kappa shape index (κ2) is 5.04. The smallest absolute Gasteiger partial charge is 0.313 e. The number of hydrogen-bond donors (Lipinski definition) is 1. The summed E-state index contributed by atoms with van der Waals surface area (Å²) in [6.45, 7) is 2.03. The van der Waals surface area contributed by atoms with Gasteiger partial charge in [-0.25, -0.2) is 0 Å². The molecule has 15 heavy (non-hydrogen) atoms. The van der Waals surface area contributed by atoms with E-state index < -0.39 is 11.4 Å². The highest BCUT2D eigenvalue weighted by Crippen LogP contribution is 2.41. The molecule has 1 unspecified atom stereocenters. The summed E-state index contributed by atoms with van der Waals surface area (Å²) in [4.78, 5) is 11.3. The maximum atomic E-state index is 11.3. The average Bonchev–Trinajstić information content (AvgIpc) is 2.13. The molecule has 0 bridgehead atoms. The van der Waals surface area contributed by atoms with Crippen LogP contribution in [0.3, 0.4) is 0 Å². The normalized spacial score (nSPS) is 25.8. The lowest BCUT2D eigenvalue weighted by Crippen LogP contribution is -2.30. The van der Waals surface area contributed by atoms with E-state index in [1.54, 1.807) is 12.2 Å². The quantitative estimate of drug-likeness (QED) is 0.820. The molecular formula is C11H14Cl2O2. The van der Waals surface area contributed by atoms with E-state index in [0.717, 1.165) is 12.8 Å². The number of unbranched alkanes of at least 4 members (excludes halogenated alkanes) is 1. The van der Waals surface area contributed by atoms with Gasteiger partial charge in [0.15, 0.2) is 0 Å². The lowest BCUT2D eigenvalue weighted by molar-refractivity contribution is -0.146. The van der Waals surface area contributed by atoms with Gasteiger partial charge in [-0.2, -0.15) is 0 Å². The minimum absolute atomic E-state index is 0.347. The molecule has 0 aromatic heterocycles. The van der Waals surface area contributed by atoms with Crippen LogP contribution in [0.5, 0.6) is 0 Å². The Labute approximate surface area is 99.6 Å². The Balaban J connectivity index is 2.93. The molecule has 0 saturated carbocycles. The summed E-state index contributed by atoms with van der Waals surface area (Å²) in [5, 5.41) is 10.2. The number of hydrogen-bond acceptors (Lipinski definition) is 1. The SMILES string of the molecule is CCCCC1(C(=O)O)C=C(Cl)C=C(Cl)C1. The number of halogens is 2. The van der Waals surface area contributed by atoms with E-state index >= 15 is 0 Å². The summed E-state index contributed by atoms with van der Waals surface area (Å²) in [7, 11) is 0. The van der Waals surface area contributed by atoms with Crippen LogP contribution in [0.2, 0.25) is 0 Å². The van der Waals surface area contributed by atoms with Gasteiger partial charge in [-0.05, 0) is 18.6 Å². The molecule has 84 valence electrons. The number of rotatable bonds is 4. The predicted molar refractivity (Wildman–Crippen MR) is 62.1 cm³/mol. The largest absolute Gasteiger partial charge is 0.481 e. The zero-order chi connectivity index (χ0) is 11.5. The second-order valence-electron chi connectivity index (χ2n) is 3.86. The van der Waals surface area contributed by atoms with Crippen molar-refractivity contribution in [1.82, 2.24) is 0 Å². The zero-order valence-electron chi connectivity index (χ0n) is 8.59. The lowest BCUT2D eigenvalue weighted by Gasteiger charge is -2.28. The molecule has 1 N–H and O–H groups in total. The van der Waals surface area contributed by atoms with Gasteiger partial charge in [0.2, 0.25) is 0 Å². The number of carbonyl (C=O) groups is 1. The third-order valence-electron chi connectivity index (χ3n) is 2.60. The first-order valence-electron chi connectivity index (χ1n) is 4.98. The van der Waals surface area contributed by atoms with Crippen LogP contribution in [-0.2, 0) is 4.79 Å². The molecule has 0 aromatic carbocycles. The van der Waals surface area contributed by atoms with Crippen LogP contribution >= 0.6 is 23.2 Å². The van der Waals surface area contributed by atoms with E-state index in [1.165, 1.54) is 0 Å². The minimum atomic E-state index is -0.904. The Bertz CT molecular complexity index is 321. The first-order chi connectivity index (χ1) is 7.00. The van der Waals surface area contributed by atoms with E-state index in [9.17, 15) is 9.90 Å². The predicted octanol–water partition coefficient (Wildman–Crippen LogP) is 3.90. The van der Waals surface area contributed by atoms with Gasteiger partial charge in [0.05, 0.1) is 5.41 Å². The maximum absolute atomic E-state index is 11.3. The molecule has 0 spiro atoms. The highest BCUT2D eigenvalue weighted by molar-refractivity contribution is 6.35. The van der Waals surface area contributed by atoms with Gasteiger partial charge in [-0.15, -0.1) is 0 Å². The fraction of sp³-hybridized carbons (Fsp3) is 0.545. The van der Waals surface area contributed by atoms with Gasteiger partial charge < -0.3 is 5.11 Å². The zero-order valence-corrected chi connectivity index (χ0v) is 10.1. The van der Waals surface area contributed by atoms with Crippen molar-refractivity contribution < 1.29 is 9.90 Å². The van der Waals surface area contributed by atoms with Gasteiger partial charge in [0.1, 0.15) is 0 Å². The van der Waals surface area contributed by atoms with Crippen molar-refractivity contribution in [3.05, 3.63) is 22.2 Å². The van der Waals surface area contributed by atoms with Crippen molar-refractivity contribution in [1.29, 1.82) is 0 Å². The Morgan fingerprint density at radius 3 is 2.73 bits per heavy atom. The van der Waals surface area contributed by atoms with E-state index in [2.05, 4.69) is 0 Å². The molecule has 1 atom stereocenters. The lowest BCUT2D eigenvalue weighted by atomic mass is 9.77. The molecule has 0 heterocycles. The summed E-state index contributed by atoms with van der Waals surface area (Å²) in [5.74, 6) is -0.847. The molecular weight excluding hydrogens is 235 g/mol. The molecule has 0 aliphatic heterocycles. The summed E-state index contributed by atoms with van der Waals surface area (Å²) in [5.41, 5.74) is -0.904. The summed E-state index contributed by atoms with van der Waals surface area (Å²) in [6, 6.07) is 0. The standard InChI is InChI=1S/C11H14Cl2O2/c1-2-3-4-11(10(14)15)6-8(12)5-9(13)7-11/h5-6H,2-4,7H2,1H3,(H,14,15). The molecule has 2 nitrogen and oxygen atoms in total. The minimum Gasteiger partial charge on any atom is -0.481 e. The molecule has 0 saturated heterocycles. The van der Waals surface area contributed by atoms with Gasteiger partial charge in [0, 0.05) is 16.5 Å². The summed E-state index contributed by atoms with van der Waals surface area (Å²) < 4.78 is 0. The van der Waals surface area contributed by atoms with Gasteiger partial charge in [0.25, 0.3) is 0 Å². The monoisotopic (exact) mass is 248 g/mol. The van der Waals surface area contributed by atoms with Crippen molar-refractivity contribution in [2.24, 2.45) is 5.41 Å². The summed E-state index contributed by atoms with van der Waals surface area (Å²) >= 11 is 11.7. The van der Waals surface area contributed by atoms with Crippen LogP contribution in [0.1, 0.15) is 32.6 Å². The molecule has 1 rings (SSSR count). The third-order valence-corrected chi connectivity index (χ3v) is 3.06. The molecule has 1 aliphatic rings. The number of allylic oxidation sites excluding steroid dienone is 3. The van der Waals surface area contributed by atoms with Crippen LogP contribution in [-0.4, -0.2) is 11.1 Å². The average molecular weight is 249 g/mol. The van der Waals surface area contributed by atoms with Crippen molar-refractivity contribution >= 4 is 29.2 Å². The molecule has 0 aromatic rings. The Morgan fingerprint density at radius 2 is 2.27 bits per heavy atom. The molecule has 4 heteroatoms. The van der Waals surface area contributed by atoms with Crippen molar-refractivity contribution in [3.8, 4) is 0 Å². The highest BCUT2D eigenvalue weighted by atomic mass is 35.5. The van der Waals surface area contributed by atoms with Crippen LogP contribution in [0.4, 0.5) is 0 Å². The molecule has 1 aliphatic carbocycles. The Morgan fingerprint density at radius 1 is 1.60 bits per heavy atom. The molecule has 0 radical (unpaired) electrons. The van der Waals surface area contributed by atoms with E-state index in [4.69, 9.17) is 23.2 Å². The Kier molecular flexibility index (Phi) is 4.23. The third kappa shape index (κ3) is 2.99. The first-order valence-corrected chi connectivity index (χ1v) is 5.73. The van der Waals surface area contributed by atoms with Crippen molar-refractivity contribution in [2.75, 3.05) is 0 Å². The fourth-order valence-corrected chi connectivity index (χ4v) is 2.51.